The summed E-state index contributed by atoms with van der Waals surface area (Å²) in [6.45, 7) is 0. The zero-order valence-electron chi connectivity index (χ0n) is 12.8. The number of nitrogens with zero attached hydrogens (tertiary/aromatic N) is 1. The highest BCUT2D eigenvalue weighted by Crippen LogP contribution is 2.25. The van der Waals surface area contributed by atoms with Crippen molar-refractivity contribution in [2.24, 2.45) is 0 Å². The number of Topliss-reactive ketones (excluding diaryl/α,β-unsaturated/α-hetero) is 1. The smallest absolute Gasteiger partial charge is 0.262 e. The molecule has 0 unspecified atom stereocenters. The minimum atomic E-state index is -3.71. The van der Waals surface area contributed by atoms with Gasteiger partial charge in [-0.05, 0) is 35.9 Å². The van der Waals surface area contributed by atoms with E-state index in [9.17, 15) is 13.2 Å². The van der Waals surface area contributed by atoms with E-state index in [0.29, 0.717) is 0 Å². The van der Waals surface area contributed by atoms with Gasteiger partial charge in [-0.25, -0.2) is 8.42 Å². The summed E-state index contributed by atoms with van der Waals surface area (Å²) in [6, 6.07) is 13.7. The Morgan fingerprint density at radius 3 is 2.30 bits per heavy atom. The van der Waals surface area contributed by atoms with E-state index in [4.69, 9.17) is 0 Å². The molecule has 1 aliphatic rings. The average molecular weight is 328 g/mol. The van der Waals surface area contributed by atoms with Crippen molar-refractivity contribution in [3.63, 3.8) is 0 Å². The topological polar surface area (TPSA) is 66.5 Å². The summed E-state index contributed by atoms with van der Waals surface area (Å²) >= 11 is 0. The van der Waals surface area contributed by atoms with Crippen molar-refractivity contribution in [1.29, 1.82) is 0 Å². The SMILES string of the molecule is CN(C)c1ccc(/C=C2\NS(=O)(=O)c3ccccc3C2=O)cc1. The molecule has 0 aromatic heterocycles. The summed E-state index contributed by atoms with van der Waals surface area (Å²) in [5.41, 5.74) is 2.03. The Labute approximate surface area is 135 Å². The first-order valence-electron chi connectivity index (χ1n) is 7.04. The first-order valence-corrected chi connectivity index (χ1v) is 8.52. The van der Waals surface area contributed by atoms with Crippen LogP contribution in [0.15, 0.2) is 59.1 Å². The number of ketones is 1. The van der Waals surface area contributed by atoms with Crippen LogP contribution in [0.3, 0.4) is 0 Å². The van der Waals surface area contributed by atoms with Gasteiger partial charge >= 0.3 is 0 Å². The lowest BCUT2D eigenvalue weighted by Crippen LogP contribution is -2.34. The first kappa shape index (κ1) is 15.3. The molecular formula is C17H16N2O3S. The van der Waals surface area contributed by atoms with E-state index < -0.39 is 10.0 Å². The molecule has 0 aliphatic carbocycles. The highest BCUT2D eigenvalue weighted by molar-refractivity contribution is 7.90. The van der Waals surface area contributed by atoms with Gasteiger partial charge in [0.2, 0.25) is 5.78 Å². The molecule has 23 heavy (non-hydrogen) atoms. The van der Waals surface area contributed by atoms with Crippen LogP contribution in [0.5, 0.6) is 0 Å². The van der Waals surface area contributed by atoms with Gasteiger partial charge in [-0.3, -0.25) is 9.52 Å². The maximum atomic E-state index is 12.5. The zero-order chi connectivity index (χ0) is 16.6. The van der Waals surface area contributed by atoms with Gasteiger partial charge in [0.1, 0.15) is 0 Å². The van der Waals surface area contributed by atoms with Crippen LogP contribution < -0.4 is 9.62 Å². The number of hydrogen-bond acceptors (Lipinski definition) is 4. The van der Waals surface area contributed by atoms with Crippen LogP contribution in [0, 0.1) is 0 Å². The fourth-order valence-electron chi connectivity index (χ4n) is 2.41. The molecule has 0 atom stereocenters. The Morgan fingerprint density at radius 2 is 1.65 bits per heavy atom. The van der Waals surface area contributed by atoms with Gasteiger partial charge in [0.25, 0.3) is 10.0 Å². The van der Waals surface area contributed by atoms with Crippen molar-refractivity contribution in [2.45, 2.75) is 4.90 Å². The molecule has 1 N–H and O–H groups in total. The van der Waals surface area contributed by atoms with E-state index in [-0.39, 0.29) is 21.9 Å². The Kier molecular flexibility index (Phi) is 3.69. The quantitative estimate of drug-likeness (QED) is 0.859. The summed E-state index contributed by atoms with van der Waals surface area (Å²) in [4.78, 5) is 14.5. The molecule has 0 bridgehead atoms. The lowest BCUT2D eigenvalue weighted by molar-refractivity contribution is 0.102. The molecule has 3 rings (SSSR count). The van der Waals surface area contributed by atoms with Crippen LogP contribution in [0.4, 0.5) is 5.69 Å². The molecule has 0 amide bonds. The zero-order valence-corrected chi connectivity index (χ0v) is 13.6. The fraction of sp³-hybridized carbons (Fsp3) is 0.118. The van der Waals surface area contributed by atoms with Gasteiger partial charge in [0.15, 0.2) is 0 Å². The van der Waals surface area contributed by atoms with Gasteiger partial charge in [0.05, 0.1) is 10.6 Å². The van der Waals surface area contributed by atoms with Crippen LogP contribution in [-0.4, -0.2) is 28.3 Å². The lowest BCUT2D eigenvalue weighted by atomic mass is 10.1. The highest BCUT2D eigenvalue weighted by Gasteiger charge is 2.31. The van der Waals surface area contributed by atoms with Gasteiger partial charge < -0.3 is 4.90 Å². The average Bonchev–Trinajstić information content (AvgIpc) is 2.53. The van der Waals surface area contributed by atoms with Crippen LogP contribution in [0.25, 0.3) is 6.08 Å². The summed E-state index contributed by atoms with van der Waals surface area (Å²) in [6.07, 6.45) is 1.55. The van der Waals surface area contributed by atoms with Crippen molar-refractivity contribution in [3.05, 3.63) is 65.4 Å². The predicted octanol–water partition coefficient (Wildman–Crippen LogP) is 2.27. The summed E-state index contributed by atoms with van der Waals surface area (Å²) in [5, 5.41) is 0. The third kappa shape index (κ3) is 2.85. The first-order chi connectivity index (χ1) is 10.9. The molecular weight excluding hydrogens is 312 g/mol. The largest absolute Gasteiger partial charge is 0.378 e. The maximum absolute atomic E-state index is 12.5. The van der Waals surface area contributed by atoms with Crippen LogP contribution in [-0.2, 0) is 10.0 Å². The van der Waals surface area contributed by atoms with E-state index in [2.05, 4.69) is 4.72 Å². The number of carbonyl (C=O) groups is 1. The molecule has 1 heterocycles. The van der Waals surface area contributed by atoms with Gasteiger partial charge in [-0.2, -0.15) is 0 Å². The Morgan fingerprint density at radius 1 is 1.00 bits per heavy atom. The maximum Gasteiger partial charge on any atom is 0.262 e. The Bertz CT molecular complexity index is 898. The van der Waals surface area contributed by atoms with Crippen LogP contribution in [0.2, 0.25) is 0 Å². The molecule has 0 spiro atoms. The molecule has 118 valence electrons. The number of hydrogen-bond donors (Lipinski definition) is 1. The highest BCUT2D eigenvalue weighted by atomic mass is 32.2. The number of carbonyl (C=O) groups excluding carboxylic acids is 1. The second-order valence-corrected chi connectivity index (χ2v) is 7.13. The number of sulfonamides is 1. The van der Waals surface area contributed by atoms with E-state index in [1.807, 2.05) is 43.3 Å². The van der Waals surface area contributed by atoms with E-state index in [1.165, 1.54) is 12.1 Å². The molecule has 2 aromatic carbocycles. The van der Waals surface area contributed by atoms with Crippen molar-refractivity contribution < 1.29 is 13.2 Å². The molecule has 0 fully saturated rings. The standard InChI is InChI=1S/C17H16N2O3S/c1-19(2)13-9-7-12(8-10-13)11-15-17(20)14-5-3-4-6-16(14)23(21,22)18-15/h3-11,18H,1-2H3/b15-11-. The molecule has 0 saturated carbocycles. The molecule has 0 saturated heterocycles. The number of rotatable bonds is 2. The second-order valence-electron chi connectivity index (χ2n) is 5.47. The second kappa shape index (κ2) is 5.55. The monoisotopic (exact) mass is 328 g/mol. The van der Waals surface area contributed by atoms with Gasteiger partial charge in [-0.15, -0.1) is 0 Å². The molecule has 2 aromatic rings. The Balaban J connectivity index is 2.03. The molecule has 5 nitrogen and oxygen atoms in total. The number of nitrogens with one attached hydrogen (secondary N) is 1. The van der Waals surface area contributed by atoms with Crippen molar-refractivity contribution in [3.8, 4) is 0 Å². The number of fused-ring (bicyclic) bond motifs is 1. The predicted molar refractivity (Wildman–Crippen MR) is 89.8 cm³/mol. The van der Waals surface area contributed by atoms with Crippen LogP contribution in [0.1, 0.15) is 15.9 Å². The molecule has 1 aliphatic heterocycles. The Hall–Kier alpha value is -2.60. The minimum absolute atomic E-state index is 0.0186. The third-order valence-corrected chi connectivity index (χ3v) is 5.05. The summed E-state index contributed by atoms with van der Waals surface area (Å²) in [5.74, 6) is -0.327. The third-order valence-electron chi connectivity index (χ3n) is 3.63. The summed E-state index contributed by atoms with van der Waals surface area (Å²) < 4.78 is 26.9. The van der Waals surface area contributed by atoms with Gasteiger partial charge in [-0.1, -0.05) is 24.3 Å². The van der Waals surface area contributed by atoms with E-state index in [0.717, 1.165) is 11.3 Å². The lowest BCUT2D eigenvalue weighted by Gasteiger charge is -2.19. The number of benzene rings is 2. The number of anilines is 1. The fourth-order valence-corrected chi connectivity index (χ4v) is 3.67. The van der Waals surface area contributed by atoms with Crippen molar-refractivity contribution in [1.82, 2.24) is 4.72 Å². The van der Waals surface area contributed by atoms with E-state index >= 15 is 0 Å². The van der Waals surface area contributed by atoms with Gasteiger partial charge in [0, 0.05) is 25.3 Å². The molecule has 6 heteroatoms. The molecule has 0 radical (unpaired) electrons. The van der Waals surface area contributed by atoms with Crippen LogP contribution >= 0.6 is 0 Å². The minimum Gasteiger partial charge on any atom is -0.378 e. The van der Waals surface area contributed by atoms with E-state index in [1.54, 1.807) is 18.2 Å². The number of allylic oxidation sites excluding steroid dienone is 1. The van der Waals surface area contributed by atoms with Crippen molar-refractivity contribution in [2.75, 3.05) is 19.0 Å². The normalized spacial score (nSPS) is 17.5. The van der Waals surface area contributed by atoms with Crippen molar-refractivity contribution >= 4 is 27.6 Å². The summed E-state index contributed by atoms with van der Waals surface area (Å²) in [7, 11) is 0.154.